The molecule has 0 radical (unpaired) electrons. The van der Waals surface area contributed by atoms with E-state index in [4.69, 9.17) is 49.7 Å². The fourth-order valence-corrected chi connectivity index (χ4v) is 1.29. The van der Waals surface area contributed by atoms with Crippen LogP contribution >= 0.6 is 24.4 Å². The molecule has 0 unspecified atom stereocenters. The summed E-state index contributed by atoms with van der Waals surface area (Å²) >= 11 is 19.3. The highest BCUT2D eigenvalue weighted by Crippen LogP contribution is 2.06. The van der Waals surface area contributed by atoms with Crippen LogP contribution in [0.3, 0.4) is 0 Å². The molecule has 12 heavy (non-hydrogen) atoms. The summed E-state index contributed by atoms with van der Waals surface area (Å²) in [4.78, 5) is 0. The predicted octanol–water partition coefficient (Wildman–Crippen LogP) is 2.13. The van der Waals surface area contributed by atoms with Gasteiger partial charge in [0.1, 0.15) is 0 Å². The maximum absolute atomic E-state index is 4.83. The maximum Gasteiger partial charge on any atom is -0.0378 e. The molecule has 0 nitrogen and oxygen atoms in total. The molecule has 1 rings (SSSR count). The first-order valence-electron chi connectivity index (χ1n) is 3.14. The van der Waals surface area contributed by atoms with Crippen molar-refractivity contribution in [3.8, 4) is 0 Å². The standard InChI is InChI=1S/C8H6S4/c9-7(10)5-1-2-6(4-3-5)8(11)12/h1-4H,(H,9,10)(H,11,12)/p-2. The molecule has 0 saturated carbocycles. The largest absolute Gasteiger partial charge is 0.428 e. The van der Waals surface area contributed by atoms with E-state index in [1.807, 2.05) is 24.3 Å². The van der Waals surface area contributed by atoms with Crippen molar-refractivity contribution in [2.45, 2.75) is 0 Å². The quantitative estimate of drug-likeness (QED) is 0.561. The predicted molar refractivity (Wildman–Crippen MR) is 64.6 cm³/mol. The van der Waals surface area contributed by atoms with Crippen LogP contribution in [0.5, 0.6) is 0 Å². The molecule has 0 spiro atoms. The minimum absolute atomic E-state index is 0.469. The smallest absolute Gasteiger partial charge is 0.0378 e. The number of rotatable bonds is 2. The molecule has 0 aliphatic rings. The Bertz CT molecular complexity index is 279. The normalized spacial score (nSPS) is 9.33. The summed E-state index contributed by atoms with van der Waals surface area (Å²) in [5, 5.41) is 0. The topological polar surface area (TPSA) is 0 Å². The first-order chi connectivity index (χ1) is 5.61. The third kappa shape index (κ3) is 2.42. The lowest BCUT2D eigenvalue weighted by molar-refractivity contribution is 1.66. The second kappa shape index (κ2) is 4.18. The lowest BCUT2D eigenvalue weighted by Crippen LogP contribution is -1.94. The average Bonchev–Trinajstić information content (AvgIpc) is 2.04. The van der Waals surface area contributed by atoms with Gasteiger partial charge in [-0.05, 0) is 11.1 Å². The highest BCUT2D eigenvalue weighted by molar-refractivity contribution is 8.01. The van der Waals surface area contributed by atoms with E-state index in [0.29, 0.717) is 8.39 Å². The monoisotopic (exact) mass is 228 g/mol. The molecule has 0 aromatic heterocycles. The third-order valence-corrected chi connectivity index (χ3v) is 2.30. The van der Waals surface area contributed by atoms with Crippen molar-refractivity contribution in [3.63, 3.8) is 0 Å². The van der Waals surface area contributed by atoms with Gasteiger partial charge in [-0.2, -0.15) is 0 Å². The zero-order chi connectivity index (χ0) is 9.14. The molecule has 62 valence electrons. The maximum atomic E-state index is 4.83. The van der Waals surface area contributed by atoms with Crippen molar-refractivity contribution < 1.29 is 0 Å². The molecule has 0 N–H and O–H groups in total. The van der Waals surface area contributed by atoms with Crippen molar-refractivity contribution >= 4 is 58.1 Å². The highest BCUT2D eigenvalue weighted by Gasteiger charge is 1.89. The molecule has 0 heterocycles. The van der Waals surface area contributed by atoms with Crippen LogP contribution in [0.2, 0.25) is 0 Å². The highest BCUT2D eigenvalue weighted by atomic mass is 32.1. The Hall–Kier alpha value is -0.160. The zero-order valence-electron chi connectivity index (χ0n) is 5.94. The second-order valence-corrected chi connectivity index (χ2v) is 4.30. The fraction of sp³-hybridized carbons (Fsp3) is 0. The Labute approximate surface area is 93.2 Å². The Balaban J connectivity index is 3.01. The summed E-state index contributed by atoms with van der Waals surface area (Å²) in [6.45, 7) is 0. The van der Waals surface area contributed by atoms with Crippen LogP contribution in [0.15, 0.2) is 24.3 Å². The minimum atomic E-state index is 0.469. The van der Waals surface area contributed by atoms with E-state index < -0.39 is 0 Å². The average molecular weight is 228 g/mol. The number of hydrogen-bond acceptors (Lipinski definition) is 4. The first kappa shape index (κ1) is 9.92. The van der Waals surface area contributed by atoms with Gasteiger partial charge >= 0.3 is 0 Å². The van der Waals surface area contributed by atoms with Gasteiger partial charge < -0.3 is 49.7 Å². The van der Waals surface area contributed by atoms with Gasteiger partial charge in [0.25, 0.3) is 0 Å². The van der Waals surface area contributed by atoms with Crippen LogP contribution in [0.1, 0.15) is 11.1 Å². The summed E-state index contributed by atoms with van der Waals surface area (Å²) in [6.07, 6.45) is 0. The molecule has 4 heteroatoms. The Morgan fingerprint density at radius 1 is 0.833 bits per heavy atom. The molecule has 0 aliphatic carbocycles. The molecule has 0 amide bonds. The Morgan fingerprint density at radius 2 is 1.08 bits per heavy atom. The van der Waals surface area contributed by atoms with Gasteiger partial charge in [0, 0.05) is 0 Å². The molecular formula is C8H4S4-2. The van der Waals surface area contributed by atoms with Crippen molar-refractivity contribution in [1.82, 2.24) is 0 Å². The third-order valence-electron chi connectivity index (χ3n) is 1.36. The van der Waals surface area contributed by atoms with Crippen molar-refractivity contribution in [1.29, 1.82) is 0 Å². The zero-order valence-corrected chi connectivity index (χ0v) is 9.21. The van der Waals surface area contributed by atoms with E-state index in [2.05, 4.69) is 0 Å². The Kier molecular flexibility index (Phi) is 3.46. The molecule has 1 aromatic rings. The summed E-state index contributed by atoms with van der Waals surface area (Å²) in [5.74, 6) is 0. The number of thiocarbonyl (C=S) groups is 2. The summed E-state index contributed by atoms with van der Waals surface area (Å²) in [7, 11) is 0. The Morgan fingerprint density at radius 3 is 1.25 bits per heavy atom. The van der Waals surface area contributed by atoms with Gasteiger partial charge in [-0.15, -0.1) is 8.39 Å². The fourth-order valence-electron chi connectivity index (χ4n) is 0.742. The SMILES string of the molecule is S=C([S-])c1ccc(C(=S)[S-])cc1. The lowest BCUT2D eigenvalue weighted by Gasteiger charge is -2.08. The van der Waals surface area contributed by atoms with E-state index in [1.165, 1.54) is 0 Å². The van der Waals surface area contributed by atoms with Crippen LogP contribution in [0.25, 0.3) is 0 Å². The van der Waals surface area contributed by atoms with Crippen LogP contribution in [-0.2, 0) is 25.3 Å². The van der Waals surface area contributed by atoms with Crippen molar-refractivity contribution in [3.05, 3.63) is 35.4 Å². The van der Waals surface area contributed by atoms with Gasteiger partial charge in [-0.1, -0.05) is 24.3 Å². The first-order valence-corrected chi connectivity index (χ1v) is 4.77. The van der Waals surface area contributed by atoms with E-state index in [1.54, 1.807) is 0 Å². The number of benzene rings is 1. The van der Waals surface area contributed by atoms with Crippen LogP contribution < -0.4 is 0 Å². The van der Waals surface area contributed by atoms with Gasteiger partial charge in [0.15, 0.2) is 0 Å². The van der Waals surface area contributed by atoms with Gasteiger partial charge in [-0.3, -0.25) is 0 Å². The van der Waals surface area contributed by atoms with Gasteiger partial charge in [-0.25, -0.2) is 0 Å². The molecule has 0 fully saturated rings. The molecule has 0 atom stereocenters. The lowest BCUT2D eigenvalue weighted by atomic mass is 10.2. The van der Waals surface area contributed by atoms with Crippen molar-refractivity contribution in [2.75, 3.05) is 0 Å². The summed E-state index contributed by atoms with van der Waals surface area (Å²) < 4.78 is 0.939. The number of hydrogen-bond donors (Lipinski definition) is 0. The minimum Gasteiger partial charge on any atom is -0.428 e. The van der Waals surface area contributed by atoms with E-state index in [9.17, 15) is 0 Å². The summed E-state index contributed by atoms with van der Waals surface area (Å²) in [6, 6.07) is 7.35. The molecular weight excluding hydrogens is 224 g/mol. The van der Waals surface area contributed by atoms with Crippen LogP contribution in [0.4, 0.5) is 0 Å². The van der Waals surface area contributed by atoms with Crippen molar-refractivity contribution in [2.24, 2.45) is 0 Å². The summed E-state index contributed by atoms with van der Waals surface area (Å²) in [5.41, 5.74) is 1.74. The molecule has 0 aliphatic heterocycles. The second-order valence-electron chi connectivity index (χ2n) is 2.15. The van der Waals surface area contributed by atoms with Crippen LogP contribution in [-0.4, -0.2) is 8.39 Å². The van der Waals surface area contributed by atoms with Gasteiger partial charge in [0.2, 0.25) is 0 Å². The molecule has 0 saturated heterocycles. The molecule has 1 aromatic carbocycles. The van der Waals surface area contributed by atoms with E-state index >= 15 is 0 Å². The van der Waals surface area contributed by atoms with Crippen LogP contribution in [0, 0.1) is 0 Å². The van der Waals surface area contributed by atoms with E-state index in [-0.39, 0.29) is 0 Å². The molecule has 0 bridgehead atoms. The van der Waals surface area contributed by atoms with Gasteiger partial charge in [0.05, 0.1) is 0 Å². The van der Waals surface area contributed by atoms with E-state index in [0.717, 1.165) is 11.1 Å².